The number of pyridine rings is 2. The molecule has 29 heteroatoms. The number of ether oxygens (including phenoxy) is 2. The van der Waals surface area contributed by atoms with Crippen LogP contribution >= 0.6 is 23.5 Å². The van der Waals surface area contributed by atoms with Gasteiger partial charge in [0, 0.05) is 24.0 Å². The molecule has 0 aromatic carbocycles. The molecule has 2 aliphatic heterocycles. The Kier molecular flexibility index (Phi) is 13.8. The summed E-state index contributed by atoms with van der Waals surface area (Å²) in [6.07, 6.45) is -5.39. The molecule has 1 amide bonds. The normalized spacial score (nSPS) is 26.9. The first-order valence-electron chi connectivity index (χ1n) is 16.0. The van der Waals surface area contributed by atoms with E-state index in [-0.39, 0.29) is 28.3 Å². The van der Waals surface area contributed by atoms with E-state index in [1.165, 1.54) is 36.0 Å². The molecular weight excluding hydrogens is 829 g/mol. The zero-order valence-electron chi connectivity index (χ0n) is 29.1. The molecule has 57 heavy (non-hydrogen) atoms. The first-order valence-corrected chi connectivity index (χ1v) is 20.5. The molecule has 2 saturated heterocycles. The minimum Gasteiger partial charge on any atom is -0.756 e. The maximum absolute atomic E-state index is 12.5. The SMILES string of the molecule is CC(=O)c1cccnc1.NC(=O)c1ccc[n+]([C@@H]2O[C@H](COP(=O)([O-])OP(=O)(O)OC[C@H]3O[C@@H](n4cnc5c(N)ncnc54)[C@H](OP(=O)(O)O)[C@@H]3O)[C@@H](O)[C@H]2O)c1. The molecule has 0 aliphatic carbocycles. The second-order valence-electron chi connectivity index (χ2n) is 12.0. The number of carbonyl (C=O) groups is 2. The lowest BCUT2D eigenvalue weighted by molar-refractivity contribution is -0.765. The standard InChI is InChI=1S/C21H28N7O17P3.C7H7NO/c22-17-12-19(25-7-24-17)28(8-26-12)21-16(44-46(33,34)35)14(30)11(43-21)6-41-48(38,39)45-47(36,37)40-5-10-13(29)15(31)20(42-10)27-3-1-2-9(4-27)18(23)32;1-6(9)7-3-2-4-8-5-7/h1-4,7-8,10-11,13-16,20-21,29-31H,5-6H2,(H7-,22,23,24,25,32,33,34,35,36,37,38,39);2-5H,1H3/t10-,11-,13-,14-,15-,16-,20-,21-;/m1./s1. The van der Waals surface area contributed by atoms with Crippen molar-refractivity contribution in [2.24, 2.45) is 5.73 Å². The summed E-state index contributed by atoms with van der Waals surface area (Å²) in [5.41, 5.74) is 11.7. The maximum atomic E-state index is 12.5. The van der Waals surface area contributed by atoms with Crippen LogP contribution in [0.2, 0.25) is 0 Å². The number of ketones is 1. The topological polar surface area (TPSA) is 398 Å². The number of hydrogen-bond acceptors (Lipinski definition) is 20. The quantitative estimate of drug-likeness (QED) is 0.0377. The van der Waals surface area contributed by atoms with Gasteiger partial charge in [-0.3, -0.25) is 32.8 Å². The van der Waals surface area contributed by atoms with E-state index in [2.05, 4.69) is 37.8 Å². The average Bonchev–Trinajstić information content (AvgIpc) is 3.79. The number of primary amides is 1. The Morgan fingerprint density at radius 1 is 0.965 bits per heavy atom. The van der Waals surface area contributed by atoms with Crippen molar-refractivity contribution < 1.29 is 90.1 Å². The number of nitrogens with zero attached hydrogens (tertiary/aromatic N) is 6. The van der Waals surface area contributed by atoms with Gasteiger partial charge < -0.3 is 60.4 Å². The summed E-state index contributed by atoms with van der Waals surface area (Å²) in [7, 11) is -16.6. The molecule has 2 fully saturated rings. The number of nitrogen functional groups attached to an aromatic ring is 1. The van der Waals surface area contributed by atoms with Gasteiger partial charge in [0.25, 0.3) is 20.0 Å². The molecule has 26 nitrogen and oxygen atoms in total. The fraction of sp³-hybridized carbons (Fsp3) is 0.393. The number of phosphoric ester groups is 3. The number of aliphatic hydroxyl groups is 3. The smallest absolute Gasteiger partial charge is 0.478 e. The number of imidazole rings is 1. The Labute approximate surface area is 320 Å². The van der Waals surface area contributed by atoms with E-state index >= 15 is 0 Å². The summed E-state index contributed by atoms with van der Waals surface area (Å²) in [6.45, 7) is -0.598. The van der Waals surface area contributed by atoms with Crippen molar-refractivity contribution in [2.75, 3.05) is 18.9 Å². The van der Waals surface area contributed by atoms with Gasteiger partial charge in [-0.05, 0) is 25.1 Å². The highest BCUT2D eigenvalue weighted by Gasteiger charge is 2.51. The molecular formula is C28H35N8O18P3. The van der Waals surface area contributed by atoms with Crippen molar-refractivity contribution in [3.63, 3.8) is 0 Å². The number of aromatic nitrogens is 6. The van der Waals surface area contributed by atoms with E-state index in [9.17, 15) is 58.2 Å². The summed E-state index contributed by atoms with van der Waals surface area (Å²) in [4.78, 5) is 78.8. The van der Waals surface area contributed by atoms with Gasteiger partial charge in [0.2, 0.25) is 0 Å². The van der Waals surface area contributed by atoms with Crippen LogP contribution in [0, 0.1) is 0 Å². The minimum absolute atomic E-state index is 0.00541. The van der Waals surface area contributed by atoms with Crippen molar-refractivity contribution in [3.8, 4) is 0 Å². The molecule has 10 N–H and O–H groups in total. The molecule has 6 rings (SSSR count). The van der Waals surface area contributed by atoms with Gasteiger partial charge in [0.05, 0.1) is 19.5 Å². The van der Waals surface area contributed by atoms with Crippen LogP contribution in [0.15, 0.2) is 61.7 Å². The van der Waals surface area contributed by atoms with E-state index in [4.69, 9.17) is 20.9 Å². The van der Waals surface area contributed by atoms with Crippen molar-refractivity contribution >= 4 is 52.1 Å². The van der Waals surface area contributed by atoms with Crippen molar-refractivity contribution in [1.29, 1.82) is 0 Å². The van der Waals surface area contributed by atoms with Gasteiger partial charge in [-0.2, -0.15) is 4.57 Å². The molecule has 0 spiro atoms. The molecule has 2 unspecified atom stereocenters. The number of phosphoric acid groups is 3. The molecule has 6 heterocycles. The second kappa shape index (κ2) is 17.8. The third-order valence-corrected chi connectivity index (χ3v) is 11.1. The number of fused-ring (bicyclic) bond motifs is 1. The Hall–Kier alpha value is -4.04. The molecule has 0 bridgehead atoms. The van der Waals surface area contributed by atoms with E-state index in [1.807, 2.05) is 0 Å². The third-order valence-electron chi connectivity index (χ3n) is 8.04. The number of amides is 1. The number of rotatable bonds is 14. The summed E-state index contributed by atoms with van der Waals surface area (Å²) < 4.78 is 67.9. The Morgan fingerprint density at radius 2 is 1.65 bits per heavy atom. The van der Waals surface area contributed by atoms with Crippen LogP contribution in [-0.4, -0.2) is 116 Å². The average molecular weight is 865 g/mol. The highest BCUT2D eigenvalue weighted by molar-refractivity contribution is 7.60. The van der Waals surface area contributed by atoms with Gasteiger partial charge in [-0.25, -0.2) is 28.4 Å². The number of hydrogen-bond donors (Lipinski definition) is 8. The van der Waals surface area contributed by atoms with Gasteiger partial charge in [0.15, 0.2) is 42.0 Å². The van der Waals surface area contributed by atoms with Gasteiger partial charge in [-0.1, -0.05) is 0 Å². The zero-order valence-corrected chi connectivity index (χ0v) is 31.8. The fourth-order valence-electron chi connectivity index (χ4n) is 5.40. The monoisotopic (exact) mass is 864 g/mol. The minimum atomic E-state index is -5.72. The zero-order chi connectivity index (χ0) is 41.9. The van der Waals surface area contributed by atoms with Crippen molar-refractivity contribution in [1.82, 2.24) is 24.5 Å². The Balaban J connectivity index is 0.000000606. The summed E-state index contributed by atoms with van der Waals surface area (Å²) in [5, 5.41) is 31.5. The lowest BCUT2D eigenvalue weighted by Gasteiger charge is -2.26. The summed E-state index contributed by atoms with van der Waals surface area (Å²) in [6, 6.07) is 6.26. The summed E-state index contributed by atoms with van der Waals surface area (Å²) >= 11 is 0. The molecule has 4 aromatic heterocycles. The second-order valence-corrected chi connectivity index (χ2v) is 16.2. The van der Waals surface area contributed by atoms with Crippen LogP contribution in [0.4, 0.5) is 5.82 Å². The van der Waals surface area contributed by atoms with Crippen LogP contribution in [0.3, 0.4) is 0 Å². The van der Waals surface area contributed by atoms with Crippen LogP contribution < -0.4 is 20.9 Å². The lowest BCUT2D eigenvalue weighted by Crippen LogP contribution is -2.46. The first-order chi connectivity index (χ1) is 26.7. The molecule has 2 aliphatic rings. The molecule has 0 saturated carbocycles. The summed E-state index contributed by atoms with van der Waals surface area (Å²) in [5.74, 6) is -0.804. The van der Waals surface area contributed by atoms with E-state index < -0.39 is 91.7 Å². The first kappa shape index (κ1) is 44.1. The molecule has 310 valence electrons. The highest BCUT2D eigenvalue weighted by Crippen LogP contribution is 2.58. The molecule has 0 radical (unpaired) electrons. The van der Waals surface area contributed by atoms with Crippen LogP contribution in [-0.2, 0) is 41.1 Å². The van der Waals surface area contributed by atoms with Crippen molar-refractivity contribution in [3.05, 3.63) is 72.8 Å². The number of nitrogens with two attached hydrogens (primary N) is 2. The van der Waals surface area contributed by atoms with Gasteiger partial charge in [-0.15, -0.1) is 0 Å². The number of Topliss-reactive ketones (excluding diaryl/α,β-unsaturated/α-hetero) is 1. The Bertz CT molecular complexity index is 2210. The third kappa shape index (κ3) is 11.1. The largest absolute Gasteiger partial charge is 0.756 e. The molecule has 4 aromatic rings. The molecule has 10 atom stereocenters. The number of carbonyl (C=O) groups excluding carboxylic acids is 2. The maximum Gasteiger partial charge on any atom is 0.478 e. The lowest BCUT2D eigenvalue weighted by atomic mass is 10.1. The predicted molar refractivity (Wildman–Crippen MR) is 182 cm³/mol. The Morgan fingerprint density at radius 3 is 2.28 bits per heavy atom. The fourth-order valence-corrected chi connectivity index (χ4v) is 7.99. The van der Waals surface area contributed by atoms with Gasteiger partial charge >= 0.3 is 15.6 Å². The van der Waals surface area contributed by atoms with Crippen LogP contribution in [0.1, 0.15) is 40.1 Å². The van der Waals surface area contributed by atoms with Crippen LogP contribution in [0.5, 0.6) is 0 Å². The van der Waals surface area contributed by atoms with Crippen molar-refractivity contribution in [2.45, 2.75) is 56.0 Å². The van der Waals surface area contributed by atoms with Crippen LogP contribution in [0.25, 0.3) is 11.2 Å². The van der Waals surface area contributed by atoms with E-state index in [0.717, 1.165) is 17.2 Å². The van der Waals surface area contributed by atoms with Gasteiger partial charge in [0.1, 0.15) is 47.9 Å². The van der Waals surface area contributed by atoms with E-state index in [1.54, 1.807) is 24.5 Å². The number of anilines is 1. The highest BCUT2D eigenvalue weighted by atomic mass is 31.3. The van der Waals surface area contributed by atoms with E-state index in [0.29, 0.717) is 5.56 Å². The predicted octanol–water partition coefficient (Wildman–Crippen LogP) is -2.25. The number of aliphatic hydroxyl groups excluding tert-OH is 3.